The van der Waals surface area contributed by atoms with E-state index in [1.165, 1.54) is 25.5 Å². The molecule has 0 aromatic carbocycles. The predicted octanol–water partition coefficient (Wildman–Crippen LogP) is 1.36. The fourth-order valence-electron chi connectivity index (χ4n) is 2.23. The fourth-order valence-corrected chi connectivity index (χ4v) is 3.18. The van der Waals surface area contributed by atoms with Crippen LogP contribution in [0.5, 0.6) is 0 Å². The maximum atomic E-state index is 11.1. The van der Waals surface area contributed by atoms with Crippen molar-refractivity contribution in [3.05, 3.63) is 0 Å². The van der Waals surface area contributed by atoms with Crippen molar-refractivity contribution in [1.82, 2.24) is 0 Å². The molecule has 1 saturated carbocycles. The van der Waals surface area contributed by atoms with Crippen LogP contribution in [0.25, 0.3) is 0 Å². The number of amidine groups is 1. The van der Waals surface area contributed by atoms with Gasteiger partial charge in [-0.25, -0.2) is 8.42 Å². The lowest BCUT2D eigenvalue weighted by Crippen LogP contribution is -2.28. The lowest BCUT2D eigenvalue weighted by Gasteiger charge is -2.21. The van der Waals surface area contributed by atoms with Gasteiger partial charge in [0.05, 0.1) is 17.6 Å². The minimum absolute atomic E-state index is 0.0837. The van der Waals surface area contributed by atoms with Crippen LogP contribution < -0.4 is 5.73 Å². The second-order valence-electron chi connectivity index (χ2n) is 4.83. The van der Waals surface area contributed by atoms with Crippen LogP contribution in [0.15, 0.2) is 4.99 Å². The number of hydrogen-bond acceptors (Lipinski definition) is 3. The van der Waals surface area contributed by atoms with Crippen LogP contribution >= 0.6 is 0 Å². The van der Waals surface area contributed by atoms with Crippen LogP contribution in [0.4, 0.5) is 0 Å². The van der Waals surface area contributed by atoms with Crippen molar-refractivity contribution in [3.63, 3.8) is 0 Å². The van der Waals surface area contributed by atoms with E-state index < -0.39 is 9.84 Å². The Bertz CT molecular complexity index is 343. The molecule has 2 N–H and O–H groups in total. The van der Waals surface area contributed by atoms with Crippen LogP contribution in [-0.4, -0.2) is 32.3 Å². The average Bonchev–Trinajstić information content (AvgIpc) is 2.16. The molecule has 1 unspecified atom stereocenters. The first-order valence-corrected chi connectivity index (χ1v) is 7.95. The molecule has 1 aliphatic carbocycles. The van der Waals surface area contributed by atoms with E-state index in [4.69, 9.17) is 5.73 Å². The van der Waals surface area contributed by atoms with Crippen LogP contribution in [0.1, 0.15) is 39.0 Å². The Kier molecular flexibility index (Phi) is 4.77. The Morgan fingerprint density at radius 3 is 2.44 bits per heavy atom. The molecule has 94 valence electrons. The Balaban J connectivity index is 2.54. The Hall–Kier alpha value is -0.580. The third kappa shape index (κ3) is 4.96. The molecule has 1 rings (SSSR count). The standard InChI is InChI=1S/C11H22N2O2S/c1-9(8-16(2,14)15)13-11(12)10-6-4-3-5-7-10/h9-10H,3-8H2,1-2H3,(H2,12,13). The molecule has 0 aliphatic heterocycles. The SMILES string of the molecule is CC(CS(C)(=O)=O)N=C(N)C1CCCCC1. The molecule has 1 fully saturated rings. The first kappa shape index (κ1) is 13.5. The predicted molar refractivity (Wildman–Crippen MR) is 67.4 cm³/mol. The van der Waals surface area contributed by atoms with Crippen molar-refractivity contribution in [1.29, 1.82) is 0 Å². The molecule has 0 saturated heterocycles. The summed E-state index contributed by atoms with van der Waals surface area (Å²) in [5, 5.41) is 0. The Morgan fingerprint density at radius 1 is 1.38 bits per heavy atom. The monoisotopic (exact) mass is 246 g/mol. The topological polar surface area (TPSA) is 72.5 Å². The zero-order valence-corrected chi connectivity index (χ0v) is 11.0. The molecule has 0 spiro atoms. The summed E-state index contributed by atoms with van der Waals surface area (Å²) >= 11 is 0. The number of aliphatic imine (C=N–C) groups is 1. The van der Waals surface area contributed by atoms with Gasteiger partial charge in [0.2, 0.25) is 0 Å². The second kappa shape index (κ2) is 5.66. The third-order valence-electron chi connectivity index (χ3n) is 2.94. The molecule has 1 atom stereocenters. The van der Waals surface area contributed by atoms with Crippen molar-refractivity contribution in [2.45, 2.75) is 45.1 Å². The fraction of sp³-hybridized carbons (Fsp3) is 0.909. The van der Waals surface area contributed by atoms with E-state index >= 15 is 0 Å². The van der Waals surface area contributed by atoms with E-state index in [0.717, 1.165) is 12.8 Å². The average molecular weight is 246 g/mol. The van der Waals surface area contributed by atoms with E-state index in [0.29, 0.717) is 11.8 Å². The highest BCUT2D eigenvalue weighted by Gasteiger charge is 2.18. The summed E-state index contributed by atoms with van der Waals surface area (Å²) in [5.74, 6) is 1.10. The molecule has 0 aromatic heterocycles. The number of nitrogens with two attached hydrogens (primary N) is 1. The van der Waals surface area contributed by atoms with Gasteiger partial charge in [0.15, 0.2) is 0 Å². The van der Waals surface area contributed by atoms with Crippen molar-refractivity contribution < 1.29 is 8.42 Å². The van der Waals surface area contributed by atoms with Gasteiger partial charge in [-0.3, -0.25) is 4.99 Å². The second-order valence-corrected chi connectivity index (χ2v) is 7.02. The maximum absolute atomic E-state index is 11.1. The molecule has 4 nitrogen and oxygen atoms in total. The molecule has 0 amide bonds. The van der Waals surface area contributed by atoms with Crippen molar-refractivity contribution in [3.8, 4) is 0 Å². The lowest BCUT2D eigenvalue weighted by atomic mass is 9.88. The quantitative estimate of drug-likeness (QED) is 0.601. The minimum Gasteiger partial charge on any atom is -0.387 e. The first-order chi connectivity index (χ1) is 7.38. The summed E-state index contributed by atoms with van der Waals surface area (Å²) in [6, 6.07) is -0.225. The van der Waals surface area contributed by atoms with Gasteiger partial charge in [-0.15, -0.1) is 0 Å². The molecule has 5 heteroatoms. The molecule has 0 bridgehead atoms. The number of sulfone groups is 1. The molecular formula is C11H22N2O2S. The highest BCUT2D eigenvalue weighted by atomic mass is 32.2. The van der Waals surface area contributed by atoms with E-state index in [9.17, 15) is 8.42 Å². The van der Waals surface area contributed by atoms with Gasteiger partial charge in [0.1, 0.15) is 9.84 Å². The number of nitrogens with zero attached hydrogens (tertiary/aromatic N) is 1. The van der Waals surface area contributed by atoms with Gasteiger partial charge < -0.3 is 5.73 Å². The zero-order valence-electron chi connectivity index (χ0n) is 10.1. The summed E-state index contributed by atoms with van der Waals surface area (Å²) in [6.07, 6.45) is 7.13. The highest BCUT2D eigenvalue weighted by molar-refractivity contribution is 7.90. The van der Waals surface area contributed by atoms with E-state index in [-0.39, 0.29) is 11.8 Å². The summed E-state index contributed by atoms with van der Waals surface area (Å²) in [5.41, 5.74) is 5.92. The number of hydrogen-bond donors (Lipinski definition) is 1. The van der Waals surface area contributed by atoms with Crippen LogP contribution in [0, 0.1) is 5.92 Å². The molecule has 0 aromatic rings. The van der Waals surface area contributed by atoms with Gasteiger partial charge in [0.25, 0.3) is 0 Å². The molecular weight excluding hydrogens is 224 g/mol. The summed E-state index contributed by atoms with van der Waals surface area (Å²) < 4.78 is 22.2. The smallest absolute Gasteiger partial charge is 0.149 e. The maximum Gasteiger partial charge on any atom is 0.149 e. The van der Waals surface area contributed by atoms with Gasteiger partial charge >= 0.3 is 0 Å². The van der Waals surface area contributed by atoms with E-state index in [1.54, 1.807) is 6.92 Å². The summed E-state index contributed by atoms with van der Waals surface area (Å²) in [7, 11) is -2.96. The molecule has 16 heavy (non-hydrogen) atoms. The third-order valence-corrected chi connectivity index (χ3v) is 4.02. The molecule has 0 heterocycles. The highest BCUT2D eigenvalue weighted by Crippen LogP contribution is 2.23. The Morgan fingerprint density at radius 2 is 1.94 bits per heavy atom. The summed E-state index contributed by atoms with van der Waals surface area (Å²) in [6.45, 7) is 1.80. The van der Waals surface area contributed by atoms with E-state index in [1.807, 2.05) is 0 Å². The minimum atomic E-state index is -2.96. The van der Waals surface area contributed by atoms with Crippen molar-refractivity contribution in [2.24, 2.45) is 16.6 Å². The van der Waals surface area contributed by atoms with Crippen molar-refractivity contribution in [2.75, 3.05) is 12.0 Å². The van der Waals surface area contributed by atoms with Gasteiger partial charge in [-0.1, -0.05) is 19.3 Å². The largest absolute Gasteiger partial charge is 0.387 e. The summed E-state index contributed by atoms with van der Waals surface area (Å²) in [4.78, 5) is 4.30. The molecule has 0 radical (unpaired) electrons. The van der Waals surface area contributed by atoms with Crippen LogP contribution in [-0.2, 0) is 9.84 Å². The normalized spacial score (nSPS) is 22.0. The number of rotatable bonds is 4. The van der Waals surface area contributed by atoms with Crippen molar-refractivity contribution >= 4 is 15.7 Å². The first-order valence-electron chi connectivity index (χ1n) is 5.89. The van der Waals surface area contributed by atoms with E-state index in [2.05, 4.69) is 4.99 Å². The zero-order chi connectivity index (χ0) is 12.2. The van der Waals surface area contributed by atoms with Gasteiger partial charge in [0, 0.05) is 12.2 Å². The van der Waals surface area contributed by atoms with Gasteiger partial charge in [-0.05, 0) is 19.8 Å². The van der Waals surface area contributed by atoms with Crippen LogP contribution in [0.2, 0.25) is 0 Å². The molecule has 1 aliphatic rings. The van der Waals surface area contributed by atoms with Crippen LogP contribution in [0.3, 0.4) is 0 Å². The lowest BCUT2D eigenvalue weighted by molar-refractivity contribution is 0.435. The Labute approximate surface area is 98.2 Å². The van der Waals surface area contributed by atoms with Gasteiger partial charge in [-0.2, -0.15) is 0 Å².